The summed E-state index contributed by atoms with van der Waals surface area (Å²) in [5.74, 6) is 0.589. The van der Waals surface area contributed by atoms with Crippen molar-refractivity contribution in [2.45, 2.75) is 31.0 Å². The van der Waals surface area contributed by atoms with Crippen LogP contribution in [0.2, 0.25) is 0 Å². The number of para-hydroxylation sites is 1. The Morgan fingerprint density at radius 2 is 1.68 bits per heavy atom. The molecule has 0 aliphatic carbocycles. The van der Waals surface area contributed by atoms with Crippen LogP contribution in [0.4, 0.5) is 0 Å². The molecule has 6 nitrogen and oxygen atoms in total. The van der Waals surface area contributed by atoms with Crippen LogP contribution in [0, 0.1) is 0 Å². The first kappa shape index (κ1) is 20.5. The Hall–Kier alpha value is -4.06. The summed E-state index contributed by atoms with van der Waals surface area (Å²) in [5, 5.41) is 4.11. The topological polar surface area (TPSA) is 74.4 Å². The van der Waals surface area contributed by atoms with Crippen LogP contribution in [0.3, 0.4) is 0 Å². The van der Waals surface area contributed by atoms with Gasteiger partial charge in [0.15, 0.2) is 0 Å². The van der Waals surface area contributed by atoms with Gasteiger partial charge in [-0.2, -0.15) is 0 Å². The van der Waals surface area contributed by atoms with Crippen molar-refractivity contribution in [3.63, 3.8) is 0 Å². The van der Waals surface area contributed by atoms with Crippen molar-refractivity contribution in [1.29, 1.82) is 0 Å². The highest BCUT2D eigenvalue weighted by molar-refractivity contribution is 5.99. The molecule has 2 N–H and O–H groups in total. The average Bonchev–Trinajstić information content (AvgIpc) is 3.25. The maximum Gasteiger partial charge on any atom is 0.247 e. The fourth-order valence-electron chi connectivity index (χ4n) is 5.40. The number of fused-ring (bicyclic) bond motifs is 4. The van der Waals surface area contributed by atoms with Crippen molar-refractivity contribution >= 4 is 22.7 Å². The fraction of sp³-hybridized carbons (Fsp3) is 0.214. The van der Waals surface area contributed by atoms with E-state index in [1.165, 1.54) is 0 Å². The molecule has 0 radical (unpaired) electrons. The average molecular weight is 452 g/mol. The Morgan fingerprint density at radius 3 is 2.44 bits per heavy atom. The van der Waals surface area contributed by atoms with E-state index in [0.717, 1.165) is 39.0 Å². The second-order valence-corrected chi connectivity index (χ2v) is 8.95. The molecule has 0 saturated carbocycles. The first-order chi connectivity index (χ1) is 16.6. The second-order valence-electron chi connectivity index (χ2n) is 8.95. The van der Waals surface area contributed by atoms with Crippen LogP contribution in [0.1, 0.15) is 28.4 Å². The van der Waals surface area contributed by atoms with Crippen LogP contribution in [-0.4, -0.2) is 40.9 Å². The second kappa shape index (κ2) is 8.06. The number of hydrogen-bond donors (Lipinski definition) is 2. The quantitative estimate of drug-likeness (QED) is 0.496. The summed E-state index contributed by atoms with van der Waals surface area (Å²) in [6, 6.07) is 24.1. The number of nitrogens with one attached hydrogen (secondary N) is 2. The van der Waals surface area contributed by atoms with Gasteiger partial charge in [-0.15, -0.1) is 0 Å². The van der Waals surface area contributed by atoms with Gasteiger partial charge in [0.05, 0.1) is 13.2 Å². The largest absolute Gasteiger partial charge is 0.497 e. The normalized spacial score (nSPS) is 21.7. The Labute approximate surface area is 197 Å². The van der Waals surface area contributed by atoms with Gasteiger partial charge in [-0.3, -0.25) is 9.59 Å². The molecule has 3 aromatic carbocycles. The first-order valence-electron chi connectivity index (χ1n) is 11.5. The summed E-state index contributed by atoms with van der Waals surface area (Å²) >= 11 is 0. The Morgan fingerprint density at radius 1 is 0.941 bits per heavy atom. The minimum Gasteiger partial charge on any atom is -0.497 e. The minimum absolute atomic E-state index is 0.0569. The molecule has 1 fully saturated rings. The van der Waals surface area contributed by atoms with Crippen molar-refractivity contribution in [3.05, 3.63) is 101 Å². The van der Waals surface area contributed by atoms with E-state index in [4.69, 9.17) is 4.74 Å². The molecule has 3 heterocycles. The van der Waals surface area contributed by atoms with E-state index < -0.39 is 12.1 Å². The Bertz CT molecular complexity index is 1380. The van der Waals surface area contributed by atoms with Crippen molar-refractivity contribution in [1.82, 2.24) is 15.2 Å². The molecule has 6 rings (SSSR count). The van der Waals surface area contributed by atoms with Crippen LogP contribution < -0.4 is 10.1 Å². The van der Waals surface area contributed by atoms with Crippen molar-refractivity contribution < 1.29 is 14.3 Å². The van der Waals surface area contributed by atoms with E-state index in [9.17, 15) is 9.59 Å². The third-order valence-corrected chi connectivity index (χ3v) is 7.02. The molecule has 4 aromatic rings. The summed E-state index contributed by atoms with van der Waals surface area (Å²) in [4.78, 5) is 32.7. The van der Waals surface area contributed by atoms with Crippen molar-refractivity contribution in [2.24, 2.45) is 0 Å². The molecule has 1 saturated heterocycles. The van der Waals surface area contributed by atoms with Crippen LogP contribution in [-0.2, 0) is 22.4 Å². The standard InChI is InChI=1S/C28H25N3O3/c1-34-19-13-11-18(12-14-19)26-25-21(20-9-5-6-10-22(20)29-25)16-24-27(32)30-23(28(33)31(24)26)15-17-7-3-2-4-8-17/h2-14,23-24,26,29H,15-16H2,1H3,(H,30,32)/t23-,24-,26?/m0/s1. The lowest BCUT2D eigenvalue weighted by Crippen LogP contribution is -2.66. The summed E-state index contributed by atoms with van der Waals surface area (Å²) in [6.07, 6.45) is 0.950. The van der Waals surface area contributed by atoms with Gasteiger partial charge >= 0.3 is 0 Å². The first-order valence-corrected chi connectivity index (χ1v) is 11.5. The van der Waals surface area contributed by atoms with Gasteiger partial charge in [-0.25, -0.2) is 0 Å². The van der Waals surface area contributed by atoms with Gasteiger partial charge in [0.25, 0.3) is 0 Å². The molecule has 2 aliphatic rings. The predicted octanol–water partition coefficient (Wildman–Crippen LogP) is 3.76. The van der Waals surface area contributed by atoms with Crippen LogP contribution >= 0.6 is 0 Å². The number of carbonyl (C=O) groups excluding carboxylic acids is 2. The van der Waals surface area contributed by atoms with E-state index in [-0.39, 0.29) is 17.9 Å². The number of methoxy groups -OCH3 is 1. The number of aromatic nitrogens is 1. The van der Waals surface area contributed by atoms with Crippen LogP contribution in [0.5, 0.6) is 5.75 Å². The molecule has 34 heavy (non-hydrogen) atoms. The van der Waals surface area contributed by atoms with Gasteiger partial charge < -0.3 is 19.9 Å². The lowest BCUT2D eigenvalue weighted by atomic mass is 9.85. The van der Waals surface area contributed by atoms with E-state index in [0.29, 0.717) is 12.8 Å². The molecule has 0 bridgehead atoms. The molecule has 170 valence electrons. The van der Waals surface area contributed by atoms with E-state index in [1.807, 2.05) is 72.8 Å². The zero-order chi connectivity index (χ0) is 23.2. The summed E-state index contributed by atoms with van der Waals surface area (Å²) in [6.45, 7) is 0. The van der Waals surface area contributed by atoms with Gasteiger partial charge in [-0.1, -0.05) is 60.7 Å². The number of amides is 2. The third kappa shape index (κ3) is 3.25. The van der Waals surface area contributed by atoms with Gasteiger partial charge in [0, 0.05) is 29.4 Å². The Kier molecular flexibility index (Phi) is 4.87. The Balaban J connectivity index is 1.48. The summed E-state index contributed by atoms with van der Waals surface area (Å²) < 4.78 is 5.35. The minimum atomic E-state index is -0.599. The zero-order valence-electron chi connectivity index (χ0n) is 18.8. The van der Waals surface area contributed by atoms with E-state index >= 15 is 0 Å². The maximum atomic E-state index is 13.9. The number of rotatable bonds is 4. The highest BCUT2D eigenvalue weighted by Crippen LogP contribution is 2.42. The van der Waals surface area contributed by atoms with Crippen molar-refractivity contribution in [3.8, 4) is 5.75 Å². The predicted molar refractivity (Wildman–Crippen MR) is 130 cm³/mol. The molecule has 2 amide bonds. The number of hydrogen-bond acceptors (Lipinski definition) is 3. The van der Waals surface area contributed by atoms with Crippen LogP contribution in [0.25, 0.3) is 10.9 Å². The smallest absolute Gasteiger partial charge is 0.247 e. The highest BCUT2D eigenvalue weighted by atomic mass is 16.5. The number of aromatic amines is 1. The van der Waals surface area contributed by atoms with Gasteiger partial charge in [-0.05, 0) is 34.9 Å². The monoisotopic (exact) mass is 451 g/mol. The lowest BCUT2D eigenvalue weighted by molar-refractivity contribution is -0.152. The molecule has 1 unspecified atom stereocenters. The van der Waals surface area contributed by atoms with Gasteiger partial charge in [0.1, 0.15) is 17.8 Å². The van der Waals surface area contributed by atoms with Crippen LogP contribution in [0.15, 0.2) is 78.9 Å². The molecule has 3 atom stereocenters. The summed E-state index contributed by atoms with van der Waals surface area (Å²) in [5.41, 5.74) is 5.05. The number of carbonyl (C=O) groups is 2. The molecule has 2 aliphatic heterocycles. The number of nitrogens with zero attached hydrogens (tertiary/aromatic N) is 1. The number of ether oxygens (including phenoxy) is 1. The molecular weight excluding hydrogens is 426 g/mol. The lowest BCUT2D eigenvalue weighted by Gasteiger charge is -2.46. The third-order valence-electron chi connectivity index (χ3n) is 7.02. The highest BCUT2D eigenvalue weighted by Gasteiger charge is 2.48. The maximum absolute atomic E-state index is 13.9. The van der Waals surface area contributed by atoms with E-state index in [2.05, 4.69) is 16.4 Å². The molecule has 0 spiro atoms. The number of benzene rings is 3. The number of H-pyrrole nitrogens is 1. The van der Waals surface area contributed by atoms with E-state index in [1.54, 1.807) is 12.0 Å². The SMILES string of the molecule is COc1ccc(C2c3[nH]c4ccccc4c3C[C@H]3C(=O)N[C@@H](Cc4ccccc4)C(=O)N23)cc1. The number of piperazine rings is 1. The molecular formula is C28H25N3O3. The molecule has 6 heteroatoms. The molecule has 1 aromatic heterocycles. The fourth-order valence-corrected chi connectivity index (χ4v) is 5.40. The zero-order valence-corrected chi connectivity index (χ0v) is 18.8. The van der Waals surface area contributed by atoms with Crippen molar-refractivity contribution in [2.75, 3.05) is 7.11 Å². The van der Waals surface area contributed by atoms with Gasteiger partial charge in [0.2, 0.25) is 11.8 Å². The summed E-state index contributed by atoms with van der Waals surface area (Å²) in [7, 11) is 1.63.